The van der Waals surface area contributed by atoms with E-state index in [9.17, 15) is 9.18 Å². The number of anilines is 2. The number of nitrogens with zero attached hydrogens (tertiary/aromatic N) is 2. The van der Waals surface area contributed by atoms with E-state index in [1.807, 2.05) is 44.2 Å². The van der Waals surface area contributed by atoms with Crippen molar-refractivity contribution in [3.05, 3.63) is 72.2 Å². The van der Waals surface area contributed by atoms with Gasteiger partial charge in [0.1, 0.15) is 17.3 Å². The van der Waals surface area contributed by atoms with Gasteiger partial charge in [-0.25, -0.2) is 14.4 Å². The Morgan fingerprint density at radius 1 is 1.00 bits per heavy atom. The van der Waals surface area contributed by atoms with E-state index >= 15 is 0 Å². The first-order valence-electron chi connectivity index (χ1n) is 8.29. The first-order chi connectivity index (χ1) is 12.5. The number of hydrogen-bond donors (Lipinski definition) is 2. The minimum absolute atomic E-state index is 0.00820. The zero-order chi connectivity index (χ0) is 18.5. The Hall–Kier alpha value is -3.28. The second-order valence-electron chi connectivity index (χ2n) is 6.09. The maximum Gasteiger partial charge on any atom is 0.270 e. The van der Waals surface area contributed by atoms with Gasteiger partial charge in [-0.2, -0.15) is 0 Å². The molecule has 0 saturated heterocycles. The average Bonchev–Trinajstić information content (AvgIpc) is 2.63. The minimum atomic E-state index is -0.319. The highest BCUT2D eigenvalue weighted by Gasteiger charge is 2.14. The van der Waals surface area contributed by atoms with Gasteiger partial charge in [-0.1, -0.05) is 30.3 Å². The van der Waals surface area contributed by atoms with Gasteiger partial charge < -0.3 is 10.6 Å². The summed E-state index contributed by atoms with van der Waals surface area (Å²) in [5.74, 6) is 0.299. The van der Waals surface area contributed by atoms with Gasteiger partial charge >= 0.3 is 0 Å². The Bertz CT molecular complexity index is 895. The summed E-state index contributed by atoms with van der Waals surface area (Å²) in [6.45, 7) is 3.77. The Labute approximate surface area is 151 Å². The molecule has 0 unspecified atom stereocenters. The smallest absolute Gasteiger partial charge is 0.270 e. The van der Waals surface area contributed by atoms with Crippen LogP contribution in [-0.4, -0.2) is 21.9 Å². The van der Waals surface area contributed by atoms with Crippen molar-refractivity contribution in [3.8, 4) is 11.4 Å². The lowest BCUT2D eigenvalue weighted by Gasteiger charge is -2.12. The van der Waals surface area contributed by atoms with Gasteiger partial charge in [0.25, 0.3) is 5.91 Å². The summed E-state index contributed by atoms with van der Waals surface area (Å²) >= 11 is 0. The predicted octanol–water partition coefficient (Wildman–Crippen LogP) is 4.16. The van der Waals surface area contributed by atoms with E-state index < -0.39 is 0 Å². The van der Waals surface area contributed by atoms with Crippen molar-refractivity contribution in [2.75, 3.05) is 5.32 Å². The highest BCUT2D eigenvalue weighted by Crippen LogP contribution is 2.21. The molecule has 0 aliphatic heterocycles. The van der Waals surface area contributed by atoms with E-state index in [1.54, 1.807) is 18.2 Å². The Kier molecular flexibility index (Phi) is 5.22. The number of amides is 1. The normalized spacial score (nSPS) is 10.6. The molecule has 26 heavy (non-hydrogen) atoms. The molecule has 3 aromatic rings. The molecule has 1 amide bonds. The van der Waals surface area contributed by atoms with Crippen molar-refractivity contribution in [2.24, 2.45) is 0 Å². The molecule has 0 spiro atoms. The van der Waals surface area contributed by atoms with Crippen molar-refractivity contribution in [1.82, 2.24) is 15.3 Å². The maximum absolute atomic E-state index is 13.1. The van der Waals surface area contributed by atoms with Crippen LogP contribution in [0.4, 0.5) is 15.9 Å². The summed E-state index contributed by atoms with van der Waals surface area (Å²) in [4.78, 5) is 21.3. The summed E-state index contributed by atoms with van der Waals surface area (Å²) in [6.07, 6.45) is 0. The van der Waals surface area contributed by atoms with Gasteiger partial charge in [0.15, 0.2) is 5.82 Å². The Morgan fingerprint density at radius 2 is 1.69 bits per heavy atom. The molecule has 2 aromatic carbocycles. The van der Waals surface area contributed by atoms with Crippen LogP contribution < -0.4 is 10.6 Å². The molecule has 5 nitrogen and oxygen atoms in total. The molecule has 0 radical (unpaired) electrons. The quantitative estimate of drug-likeness (QED) is 0.725. The highest BCUT2D eigenvalue weighted by molar-refractivity contribution is 5.93. The summed E-state index contributed by atoms with van der Waals surface area (Å²) in [6, 6.07) is 16.9. The Morgan fingerprint density at radius 3 is 2.35 bits per heavy atom. The fourth-order valence-corrected chi connectivity index (χ4v) is 2.36. The number of nitrogens with one attached hydrogen (secondary N) is 2. The zero-order valence-corrected chi connectivity index (χ0v) is 14.5. The number of carbonyl (C=O) groups is 1. The second kappa shape index (κ2) is 7.74. The van der Waals surface area contributed by atoms with Gasteiger partial charge in [-0.05, 0) is 38.1 Å². The molecule has 0 aliphatic carbocycles. The lowest BCUT2D eigenvalue weighted by atomic mass is 10.2. The molecule has 0 atom stereocenters. The fraction of sp³-hybridized carbons (Fsp3) is 0.150. The van der Waals surface area contributed by atoms with Crippen LogP contribution in [0.2, 0.25) is 0 Å². The van der Waals surface area contributed by atoms with Gasteiger partial charge in [-0.15, -0.1) is 0 Å². The summed E-state index contributed by atoms with van der Waals surface area (Å²) < 4.78 is 13.1. The third-order valence-electron chi connectivity index (χ3n) is 3.53. The van der Waals surface area contributed by atoms with E-state index in [1.165, 1.54) is 12.1 Å². The first kappa shape index (κ1) is 17.5. The standard InChI is InChI=1S/C20H19FN4O/c1-13(2)22-20(26)17-12-18(23-16-10-8-15(21)9-11-16)25-19(24-17)14-6-4-3-5-7-14/h3-13H,1-2H3,(H,22,26)(H,23,24,25). The largest absolute Gasteiger partial charge is 0.349 e. The van der Waals surface area contributed by atoms with Gasteiger partial charge in [0.05, 0.1) is 0 Å². The topological polar surface area (TPSA) is 66.9 Å². The van der Waals surface area contributed by atoms with Gasteiger partial charge in [0.2, 0.25) is 0 Å². The number of benzene rings is 2. The van der Waals surface area contributed by atoms with E-state index in [0.717, 1.165) is 5.56 Å². The summed E-state index contributed by atoms with van der Waals surface area (Å²) in [5, 5.41) is 5.92. The van der Waals surface area contributed by atoms with Crippen molar-refractivity contribution in [3.63, 3.8) is 0 Å². The molecule has 1 aromatic heterocycles. The highest BCUT2D eigenvalue weighted by atomic mass is 19.1. The molecule has 0 fully saturated rings. The van der Waals surface area contributed by atoms with Gasteiger partial charge in [0, 0.05) is 23.4 Å². The van der Waals surface area contributed by atoms with E-state index in [2.05, 4.69) is 20.6 Å². The molecule has 6 heteroatoms. The number of carbonyl (C=O) groups excluding carboxylic acids is 1. The van der Waals surface area contributed by atoms with Crippen LogP contribution >= 0.6 is 0 Å². The summed E-state index contributed by atoms with van der Waals surface area (Å²) in [7, 11) is 0. The lowest BCUT2D eigenvalue weighted by Crippen LogP contribution is -2.31. The third kappa shape index (κ3) is 4.42. The average molecular weight is 350 g/mol. The Balaban J connectivity index is 1.99. The monoisotopic (exact) mass is 350 g/mol. The van der Waals surface area contributed by atoms with Crippen LogP contribution in [0.15, 0.2) is 60.7 Å². The molecule has 132 valence electrons. The van der Waals surface area contributed by atoms with Crippen molar-refractivity contribution >= 4 is 17.4 Å². The second-order valence-corrected chi connectivity index (χ2v) is 6.09. The fourth-order valence-electron chi connectivity index (χ4n) is 2.36. The molecular weight excluding hydrogens is 331 g/mol. The van der Waals surface area contributed by atoms with Crippen LogP contribution in [0.3, 0.4) is 0 Å². The first-order valence-corrected chi connectivity index (χ1v) is 8.29. The molecule has 0 aliphatic rings. The molecule has 0 saturated carbocycles. The number of aromatic nitrogens is 2. The van der Waals surface area contributed by atoms with Crippen molar-refractivity contribution < 1.29 is 9.18 Å². The molecular formula is C20H19FN4O. The van der Waals surface area contributed by atoms with Crippen LogP contribution in [0.5, 0.6) is 0 Å². The molecule has 1 heterocycles. The number of hydrogen-bond acceptors (Lipinski definition) is 4. The number of rotatable bonds is 5. The molecule has 2 N–H and O–H groups in total. The molecule has 0 bridgehead atoms. The maximum atomic E-state index is 13.1. The van der Waals surface area contributed by atoms with Crippen LogP contribution in [0.1, 0.15) is 24.3 Å². The van der Waals surface area contributed by atoms with Gasteiger partial charge in [-0.3, -0.25) is 4.79 Å². The predicted molar refractivity (Wildman–Crippen MR) is 99.8 cm³/mol. The van der Waals surface area contributed by atoms with E-state index in [4.69, 9.17) is 0 Å². The SMILES string of the molecule is CC(C)NC(=O)c1cc(Nc2ccc(F)cc2)nc(-c2ccccc2)n1. The third-order valence-corrected chi connectivity index (χ3v) is 3.53. The van der Waals surface area contributed by atoms with Crippen molar-refractivity contribution in [2.45, 2.75) is 19.9 Å². The summed E-state index contributed by atoms with van der Waals surface area (Å²) in [5.41, 5.74) is 1.73. The molecule has 3 rings (SSSR count). The minimum Gasteiger partial charge on any atom is -0.349 e. The van der Waals surface area contributed by atoms with E-state index in [-0.39, 0.29) is 23.5 Å². The van der Waals surface area contributed by atoms with Crippen molar-refractivity contribution in [1.29, 1.82) is 0 Å². The lowest BCUT2D eigenvalue weighted by molar-refractivity contribution is 0.0938. The number of halogens is 1. The zero-order valence-electron chi connectivity index (χ0n) is 14.5. The van der Waals surface area contributed by atoms with Crippen LogP contribution in [0.25, 0.3) is 11.4 Å². The van der Waals surface area contributed by atoms with Crippen LogP contribution in [-0.2, 0) is 0 Å². The van der Waals surface area contributed by atoms with Crippen LogP contribution in [0, 0.1) is 5.82 Å². The van der Waals surface area contributed by atoms with E-state index in [0.29, 0.717) is 17.3 Å².